The van der Waals surface area contributed by atoms with Gasteiger partial charge in [-0.25, -0.2) is 0 Å². The van der Waals surface area contributed by atoms with E-state index in [4.69, 9.17) is 16.9 Å². The first kappa shape index (κ1) is 8.58. The SMILES string of the molecule is N=C(N=C(N)N)N1CC=CCC1. The van der Waals surface area contributed by atoms with Crippen molar-refractivity contribution < 1.29 is 0 Å². The molecule has 0 unspecified atom stereocenters. The van der Waals surface area contributed by atoms with Crippen molar-refractivity contribution in [2.75, 3.05) is 13.1 Å². The number of hydrogen-bond donors (Lipinski definition) is 3. The normalized spacial score (nSPS) is 15.8. The summed E-state index contributed by atoms with van der Waals surface area (Å²) in [5.74, 6) is 0.0777. The van der Waals surface area contributed by atoms with Crippen LogP contribution >= 0.6 is 0 Å². The van der Waals surface area contributed by atoms with Crippen molar-refractivity contribution in [3.05, 3.63) is 12.2 Å². The van der Waals surface area contributed by atoms with Gasteiger partial charge in [0.1, 0.15) is 0 Å². The molecule has 0 amide bonds. The van der Waals surface area contributed by atoms with Crippen LogP contribution in [0.3, 0.4) is 0 Å². The Morgan fingerprint density at radius 3 is 2.67 bits per heavy atom. The van der Waals surface area contributed by atoms with Crippen LogP contribution in [0.4, 0.5) is 0 Å². The van der Waals surface area contributed by atoms with Gasteiger partial charge in [0, 0.05) is 13.1 Å². The molecule has 0 bridgehead atoms. The molecule has 0 aromatic carbocycles. The maximum absolute atomic E-state index is 7.46. The second-order valence-electron chi connectivity index (χ2n) is 2.57. The first-order valence-electron chi connectivity index (χ1n) is 3.78. The lowest BCUT2D eigenvalue weighted by atomic mass is 10.3. The molecule has 0 spiro atoms. The standard InChI is InChI=1S/C7H13N5/c8-6(9)11-7(10)12-4-2-1-3-5-12/h1-2H,3-5H2,(H5,8,9,10,11). The Morgan fingerprint density at radius 2 is 2.17 bits per heavy atom. The van der Waals surface area contributed by atoms with Gasteiger partial charge in [0.25, 0.3) is 0 Å². The number of guanidine groups is 2. The van der Waals surface area contributed by atoms with E-state index in [1.165, 1.54) is 0 Å². The second kappa shape index (κ2) is 3.75. The van der Waals surface area contributed by atoms with Crippen molar-refractivity contribution in [2.45, 2.75) is 6.42 Å². The number of nitrogens with zero attached hydrogens (tertiary/aromatic N) is 2. The highest BCUT2D eigenvalue weighted by Gasteiger charge is 2.08. The monoisotopic (exact) mass is 167 g/mol. The highest BCUT2D eigenvalue weighted by molar-refractivity contribution is 5.91. The van der Waals surface area contributed by atoms with Crippen LogP contribution in [0, 0.1) is 5.41 Å². The Kier molecular flexibility index (Phi) is 2.68. The molecule has 0 atom stereocenters. The fourth-order valence-electron chi connectivity index (χ4n) is 1.03. The van der Waals surface area contributed by atoms with Crippen LogP contribution in [-0.4, -0.2) is 29.9 Å². The van der Waals surface area contributed by atoms with E-state index in [0.29, 0.717) is 0 Å². The molecule has 0 saturated carbocycles. The minimum atomic E-state index is -0.0606. The van der Waals surface area contributed by atoms with Gasteiger partial charge in [-0.3, -0.25) is 5.41 Å². The lowest BCUT2D eigenvalue weighted by Crippen LogP contribution is -2.35. The fourth-order valence-corrected chi connectivity index (χ4v) is 1.03. The molecule has 66 valence electrons. The molecule has 0 saturated heterocycles. The van der Waals surface area contributed by atoms with E-state index in [1.54, 1.807) is 4.90 Å². The molecule has 5 nitrogen and oxygen atoms in total. The lowest BCUT2D eigenvalue weighted by molar-refractivity contribution is 0.446. The molecule has 1 aliphatic heterocycles. The topological polar surface area (TPSA) is 91.5 Å². The first-order valence-corrected chi connectivity index (χ1v) is 3.78. The van der Waals surface area contributed by atoms with Gasteiger partial charge in [-0.2, -0.15) is 4.99 Å². The molecule has 1 rings (SSSR count). The molecule has 0 aromatic rings. The summed E-state index contributed by atoms with van der Waals surface area (Å²) in [7, 11) is 0. The molecule has 0 fully saturated rings. The molecule has 5 N–H and O–H groups in total. The third-order valence-corrected chi connectivity index (χ3v) is 1.59. The Balaban J connectivity index is 2.53. The van der Waals surface area contributed by atoms with Crippen molar-refractivity contribution in [2.24, 2.45) is 16.5 Å². The molecule has 0 radical (unpaired) electrons. The van der Waals surface area contributed by atoms with Crippen LogP contribution in [0.15, 0.2) is 17.1 Å². The average molecular weight is 167 g/mol. The van der Waals surface area contributed by atoms with E-state index in [-0.39, 0.29) is 11.9 Å². The summed E-state index contributed by atoms with van der Waals surface area (Å²) >= 11 is 0. The fraction of sp³-hybridized carbons (Fsp3) is 0.429. The van der Waals surface area contributed by atoms with Crippen molar-refractivity contribution in [3.8, 4) is 0 Å². The molecule has 5 heteroatoms. The Bertz CT molecular complexity index is 226. The van der Waals surface area contributed by atoms with E-state index >= 15 is 0 Å². The third kappa shape index (κ3) is 2.26. The van der Waals surface area contributed by atoms with Crippen LogP contribution in [0.25, 0.3) is 0 Å². The summed E-state index contributed by atoms with van der Waals surface area (Å²) in [6.07, 6.45) is 5.03. The van der Waals surface area contributed by atoms with E-state index in [1.807, 2.05) is 6.08 Å². The van der Waals surface area contributed by atoms with Gasteiger partial charge in [0.2, 0.25) is 5.96 Å². The predicted molar refractivity (Wildman–Crippen MR) is 48.9 cm³/mol. The molecular weight excluding hydrogens is 154 g/mol. The number of aliphatic imine (C=N–C) groups is 1. The minimum absolute atomic E-state index is 0.0606. The summed E-state index contributed by atoms with van der Waals surface area (Å²) in [6, 6.07) is 0. The van der Waals surface area contributed by atoms with Crippen LogP contribution < -0.4 is 11.5 Å². The Hall–Kier alpha value is -1.52. The molecule has 0 aliphatic carbocycles. The average Bonchev–Trinajstić information content (AvgIpc) is 2.05. The van der Waals surface area contributed by atoms with E-state index in [2.05, 4.69) is 11.1 Å². The van der Waals surface area contributed by atoms with Gasteiger partial charge in [-0.05, 0) is 6.42 Å². The second-order valence-corrected chi connectivity index (χ2v) is 2.57. The summed E-state index contributed by atoms with van der Waals surface area (Å²) in [6.45, 7) is 1.53. The number of rotatable bonds is 0. The van der Waals surface area contributed by atoms with E-state index in [0.717, 1.165) is 19.5 Å². The van der Waals surface area contributed by atoms with Crippen LogP contribution in [0.5, 0.6) is 0 Å². The van der Waals surface area contributed by atoms with Crippen molar-refractivity contribution >= 4 is 11.9 Å². The van der Waals surface area contributed by atoms with Crippen LogP contribution in [-0.2, 0) is 0 Å². The predicted octanol–water partition coefficient (Wildman–Crippen LogP) is -0.544. The molecule has 0 aromatic heterocycles. The quantitative estimate of drug-likeness (QED) is 0.257. The molecular formula is C7H13N5. The summed E-state index contributed by atoms with van der Waals surface area (Å²) < 4.78 is 0. The van der Waals surface area contributed by atoms with Gasteiger partial charge >= 0.3 is 0 Å². The van der Waals surface area contributed by atoms with Crippen LogP contribution in [0.2, 0.25) is 0 Å². The van der Waals surface area contributed by atoms with Gasteiger partial charge in [0.05, 0.1) is 0 Å². The van der Waals surface area contributed by atoms with Gasteiger partial charge in [-0.1, -0.05) is 12.2 Å². The maximum atomic E-state index is 7.46. The van der Waals surface area contributed by atoms with Crippen molar-refractivity contribution in [1.82, 2.24) is 4.90 Å². The molecule has 1 aliphatic rings. The zero-order valence-electron chi connectivity index (χ0n) is 6.83. The Labute approximate surface area is 71.3 Å². The van der Waals surface area contributed by atoms with E-state index < -0.39 is 0 Å². The zero-order chi connectivity index (χ0) is 8.97. The van der Waals surface area contributed by atoms with E-state index in [9.17, 15) is 0 Å². The highest BCUT2D eigenvalue weighted by atomic mass is 15.3. The Morgan fingerprint density at radius 1 is 1.42 bits per heavy atom. The van der Waals surface area contributed by atoms with Crippen molar-refractivity contribution in [3.63, 3.8) is 0 Å². The van der Waals surface area contributed by atoms with Crippen LogP contribution in [0.1, 0.15) is 6.42 Å². The number of nitrogens with two attached hydrogens (primary N) is 2. The third-order valence-electron chi connectivity index (χ3n) is 1.59. The maximum Gasteiger partial charge on any atom is 0.221 e. The highest BCUT2D eigenvalue weighted by Crippen LogP contribution is 2.01. The minimum Gasteiger partial charge on any atom is -0.370 e. The zero-order valence-corrected chi connectivity index (χ0v) is 6.83. The van der Waals surface area contributed by atoms with Gasteiger partial charge in [0.15, 0.2) is 5.96 Å². The molecule has 1 heterocycles. The largest absolute Gasteiger partial charge is 0.370 e. The number of hydrogen-bond acceptors (Lipinski definition) is 1. The lowest BCUT2D eigenvalue weighted by Gasteiger charge is -2.22. The first-order chi connectivity index (χ1) is 5.70. The van der Waals surface area contributed by atoms with Crippen molar-refractivity contribution in [1.29, 1.82) is 5.41 Å². The molecule has 12 heavy (non-hydrogen) atoms. The summed E-state index contributed by atoms with van der Waals surface area (Å²) in [5.41, 5.74) is 10.3. The van der Waals surface area contributed by atoms with Gasteiger partial charge < -0.3 is 16.4 Å². The smallest absolute Gasteiger partial charge is 0.221 e. The summed E-state index contributed by atoms with van der Waals surface area (Å²) in [5, 5.41) is 7.46. The summed E-state index contributed by atoms with van der Waals surface area (Å²) in [4.78, 5) is 5.45. The van der Waals surface area contributed by atoms with Gasteiger partial charge in [-0.15, -0.1) is 0 Å². The number of nitrogens with one attached hydrogen (secondary N) is 1.